The van der Waals surface area contributed by atoms with Crippen molar-refractivity contribution >= 4 is 16.1 Å². The van der Waals surface area contributed by atoms with E-state index in [9.17, 15) is 13.2 Å². The van der Waals surface area contributed by atoms with Crippen LogP contribution in [-0.4, -0.2) is 43.4 Å². The molecule has 0 bridgehead atoms. The quantitative estimate of drug-likeness (QED) is 0.911. The van der Waals surface area contributed by atoms with Gasteiger partial charge in [-0.2, -0.15) is 0 Å². The Balaban J connectivity index is 1.91. The van der Waals surface area contributed by atoms with E-state index in [4.69, 9.17) is 4.74 Å². The molecule has 7 heteroatoms. The van der Waals surface area contributed by atoms with Gasteiger partial charge >= 0.3 is 6.09 Å². The Kier molecular flexibility index (Phi) is 5.31. The van der Waals surface area contributed by atoms with Crippen LogP contribution in [0.1, 0.15) is 32.8 Å². The van der Waals surface area contributed by atoms with Gasteiger partial charge < -0.3 is 9.64 Å². The minimum absolute atomic E-state index is 0.166. The van der Waals surface area contributed by atoms with Crippen molar-refractivity contribution in [1.82, 2.24) is 9.62 Å². The monoisotopic (exact) mass is 340 g/mol. The highest BCUT2D eigenvalue weighted by Crippen LogP contribution is 2.19. The normalized spacial score (nSPS) is 18.9. The maximum atomic E-state index is 12.4. The van der Waals surface area contributed by atoms with E-state index in [1.807, 2.05) is 30.3 Å². The Labute approximate surface area is 137 Å². The molecule has 1 heterocycles. The maximum Gasteiger partial charge on any atom is 0.410 e. The number of nitrogens with one attached hydrogen (secondary N) is 1. The van der Waals surface area contributed by atoms with Gasteiger partial charge in [0.25, 0.3) is 0 Å². The number of amides is 1. The molecule has 1 unspecified atom stereocenters. The fraction of sp³-hybridized carbons (Fsp3) is 0.562. The summed E-state index contributed by atoms with van der Waals surface area (Å²) in [6.45, 7) is 6.18. The van der Waals surface area contributed by atoms with Gasteiger partial charge in [0.15, 0.2) is 0 Å². The van der Waals surface area contributed by atoms with Crippen molar-refractivity contribution in [1.29, 1.82) is 0 Å². The second-order valence-electron chi connectivity index (χ2n) is 6.69. The summed E-state index contributed by atoms with van der Waals surface area (Å²) in [7, 11) is -3.47. The molecule has 1 fully saturated rings. The van der Waals surface area contributed by atoms with Gasteiger partial charge in [-0.25, -0.2) is 17.9 Å². The molecule has 1 atom stereocenters. The van der Waals surface area contributed by atoms with Crippen molar-refractivity contribution in [3.05, 3.63) is 35.9 Å². The van der Waals surface area contributed by atoms with Crippen molar-refractivity contribution in [2.75, 3.05) is 13.1 Å². The van der Waals surface area contributed by atoms with Crippen molar-refractivity contribution in [3.8, 4) is 0 Å². The Morgan fingerprint density at radius 1 is 1.30 bits per heavy atom. The van der Waals surface area contributed by atoms with Gasteiger partial charge in [-0.1, -0.05) is 30.3 Å². The zero-order valence-corrected chi connectivity index (χ0v) is 14.6. The molecular weight excluding hydrogens is 316 g/mol. The van der Waals surface area contributed by atoms with Gasteiger partial charge in [0.2, 0.25) is 10.0 Å². The molecule has 0 radical (unpaired) electrons. The SMILES string of the molecule is CC(C)(C)OC(=O)N1CCC(S(=O)(=O)NCc2ccccc2)C1. The van der Waals surface area contributed by atoms with E-state index >= 15 is 0 Å². The number of carbonyl (C=O) groups is 1. The van der Waals surface area contributed by atoms with E-state index in [1.54, 1.807) is 20.8 Å². The molecule has 1 saturated heterocycles. The van der Waals surface area contributed by atoms with E-state index in [-0.39, 0.29) is 13.1 Å². The number of rotatable bonds is 4. The fourth-order valence-electron chi connectivity index (χ4n) is 2.37. The molecule has 0 spiro atoms. The second-order valence-corrected chi connectivity index (χ2v) is 8.73. The van der Waals surface area contributed by atoms with Gasteiger partial charge in [-0.3, -0.25) is 0 Å². The Hall–Kier alpha value is -1.60. The lowest BCUT2D eigenvalue weighted by Crippen LogP contribution is -2.39. The summed E-state index contributed by atoms with van der Waals surface area (Å²) in [4.78, 5) is 13.5. The minimum atomic E-state index is -3.47. The van der Waals surface area contributed by atoms with Crippen LogP contribution >= 0.6 is 0 Å². The average molecular weight is 340 g/mol. The first-order valence-corrected chi connectivity index (χ1v) is 9.22. The van der Waals surface area contributed by atoms with Crippen LogP contribution in [0.3, 0.4) is 0 Å². The molecule has 6 nitrogen and oxygen atoms in total. The standard InChI is InChI=1S/C16H24N2O4S/c1-16(2,3)22-15(19)18-10-9-14(12-18)23(20,21)17-11-13-7-5-4-6-8-13/h4-8,14,17H,9-12H2,1-3H3. The maximum absolute atomic E-state index is 12.4. The van der Waals surface area contributed by atoms with Crippen LogP contribution in [0.15, 0.2) is 30.3 Å². The number of likely N-dealkylation sites (tertiary alicyclic amines) is 1. The van der Waals surface area contributed by atoms with Gasteiger partial charge in [0.05, 0.1) is 5.25 Å². The molecular formula is C16H24N2O4S. The van der Waals surface area contributed by atoms with E-state index in [1.165, 1.54) is 4.90 Å². The van der Waals surface area contributed by atoms with E-state index in [0.717, 1.165) is 5.56 Å². The van der Waals surface area contributed by atoms with Gasteiger partial charge in [-0.15, -0.1) is 0 Å². The van der Waals surface area contributed by atoms with Crippen LogP contribution in [0.2, 0.25) is 0 Å². The summed E-state index contributed by atoms with van der Waals surface area (Å²) >= 11 is 0. The average Bonchev–Trinajstić information content (AvgIpc) is 2.95. The molecule has 0 aliphatic carbocycles. The second kappa shape index (κ2) is 6.88. The van der Waals surface area contributed by atoms with Gasteiger partial charge in [0.1, 0.15) is 5.60 Å². The first kappa shape index (κ1) is 17.7. The summed E-state index contributed by atoms with van der Waals surface area (Å²) in [6.07, 6.45) is -0.0399. The molecule has 23 heavy (non-hydrogen) atoms. The van der Waals surface area contributed by atoms with Crippen molar-refractivity contribution < 1.29 is 17.9 Å². The fourth-order valence-corrected chi connectivity index (χ4v) is 3.77. The number of benzene rings is 1. The van der Waals surface area contributed by atoms with Crippen LogP contribution in [0, 0.1) is 0 Å². The molecule has 128 valence electrons. The third-order valence-electron chi connectivity index (χ3n) is 3.56. The molecule has 2 rings (SSSR count). The first-order chi connectivity index (χ1) is 10.7. The molecule has 1 aromatic carbocycles. The number of hydrogen-bond acceptors (Lipinski definition) is 4. The summed E-state index contributed by atoms with van der Waals surface area (Å²) in [5.74, 6) is 0. The topological polar surface area (TPSA) is 75.7 Å². The lowest BCUT2D eigenvalue weighted by Gasteiger charge is -2.24. The first-order valence-electron chi connectivity index (χ1n) is 7.68. The number of carbonyl (C=O) groups excluding carboxylic acids is 1. The van der Waals surface area contributed by atoms with Crippen LogP contribution in [0.4, 0.5) is 4.79 Å². The zero-order chi connectivity index (χ0) is 17.1. The molecule has 0 aromatic heterocycles. The highest BCUT2D eigenvalue weighted by Gasteiger charge is 2.36. The predicted molar refractivity (Wildman–Crippen MR) is 88.4 cm³/mol. The van der Waals surface area contributed by atoms with Crippen LogP contribution in [0.5, 0.6) is 0 Å². The number of hydrogen-bond donors (Lipinski definition) is 1. The summed E-state index contributed by atoms with van der Waals surface area (Å²) < 4.78 is 32.6. The van der Waals surface area contributed by atoms with Crippen LogP contribution in [-0.2, 0) is 21.3 Å². The smallest absolute Gasteiger partial charge is 0.410 e. The molecule has 0 saturated carbocycles. The van der Waals surface area contributed by atoms with Gasteiger partial charge in [0, 0.05) is 19.6 Å². The van der Waals surface area contributed by atoms with Crippen LogP contribution in [0.25, 0.3) is 0 Å². The molecule has 1 aliphatic heterocycles. The lowest BCUT2D eigenvalue weighted by molar-refractivity contribution is 0.0295. The predicted octanol–water partition coefficient (Wildman–Crippen LogP) is 2.12. The summed E-state index contributed by atoms with van der Waals surface area (Å²) in [5.41, 5.74) is 0.317. The van der Waals surface area contributed by atoms with E-state index < -0.39 is 27.0 Å². The van der Waals surface area contributed by atoms with Crippen molar-refractivity contribution in [2.24, 2.45) is 0 Å². The molecule has 1 N–H and O–H groups in total. The molecule has 1 aromatic rings. The van der Waals surface area contributed by atoms with E-state index in [0.29, 0.717) is 13.0 Å². The largest absolute Gasteiger partial charge is 0.444 e. The summed E-state index contributed by atoms with van der Waals surface area (Å²) in [6, 6.07) is 9.34. The molecule has 1 amide bonds. The third kappa shape index (κ3) is 5.21. The number of ether oxygens (including phenoxy) is 1. The zero-order valence-electron chi connectivity index (χ0n) is 13.8. The van der Waals surface area contributed by atoms with Crippen LogP contribution < -0.4 is 4.72 Å². The summed E-state index contributed by atoms with van der Waals surface area (Å²) in [5, 5.41) is -0.598. The Morgan fingerprint density at radius 2 is 1.96 bits per heavy atom. The number of nitrogens with zero attached hydrogens (tertiary/aromatic N) is 1. The molecule has 1 aliphatic rings. The lowest BCUT2D eigenvalue weighted by atomic mass is 10.2. The van der Waals surface area contributed by atoms with E-state index in [2.05, 4.69) is 4.72 Å². The highest BCUT2D eigenvalue weighted by atomic mass is 32.2. The van der Waals surface area contributed by atoms with Crippen molar-refractivity contribution in [3.63, 3.8) is 0 Å². The Bertz CT molecular complexity index is 638. The van der Waals surface area contributed by atoms with Crippen molar-refractivity contribution in [2.45, 2.75) is 44.6 Å². The van der Waals surface area contributed by atoms with Gasteiger partial charge in [-0.05, 0) is 32.8 Å². The third-order valence-corrected chi connectivity index (χ3v) is 5.36. The number of sulfonamides is 1. The highest BCUT2D eigenvalue weighted by molar-refractivity contribution is 7.90. The minimum Gasteiger partial charge on any atom is -0.444 e. The Morgan fingerprint density at radius 3 is 2.57 bits per heavy atom.